The maximum absolute atomic E-state index is 12.4. The second-order valence-corrected chi connectivity index (χ2v) is 8.68. The lowest BCUT2D eigenvalue weighted by atomic mass is 9.86. The van der Waals surface area contributed by atoms with Gasteiger partial charge in [0.2, 0.25) is 0 Å². The van der Waals surface area contributed by atoms with Gasteiger partial charge < -0.3 is 4.74 Å². The number of thiophene rings is 1. The number of carbonyl (C=O) groups excluding carboxylic acids is 1. The summed E-state index contributed by atoms with van der Waals surface area (Å²) in [7, 11) is 0. The van der Waals surface area contributed by atoms with Gasteiger partial charge >= 0.3 is 6.09 Å². The Kier molecular flexibility index (Phi) is 5.10. The molecule has 1 aromatic carbocycles. The Balaban J connectivity index is 1.41. The summed E-state index contributed by atoms with van der Waals surface area (Å²) in [6, 6.07) is 10.1. The van der Waals surface area contributed by atoms with Crippen molar-refractivity contribution in [3.8, 4) is 0 Å². The third-order valence-electron chi connectivity index (χ3n) is 5.10. The molecule has 2 aromatic rings. The van der Waals surface area contributed by atoms with Gasteiger partial charge in [-0.2, -0.15) is 0 Å². The number of amides is 1. The van der Waals surface area contributed by atoms with Gasteiger partial charge in [-0.3, -0.25) is 10.2 Å². The Labute approximate surface area is 160 Å². The maximum atomic E-state index is 12.4. The zero-order valence-corrected chi connectivity index (χ0v) is 16.3. The molecule has 5 rings (SSSR count). The number of hydrogen-bond donors (Lipinski definition) is 1. The first kappa shape index (κ1) is 17.1. The Morgan fingerprint density at radius 1 is 1.32 bits per heavy atom. The number of carbonyl (C=O) groups is 1. The van der Waals surface area contributed by atoms with E-state index in [1.807, 2.05) is 18.2 Å². The van der Waals surface area contributed by atoms with E-state index < -0.39 is 0 Å². The molecule has 3 aliphatic heterocycles. The molecule has 0 saturated carbocycles. The number of rotatable bonds is 4. The van der Waals surface area contributed by atoms with Crippen LogP contribution in [0.1, 0.15) is 23.3 Å². The SMILES string of the molecule is O=C(Nc1ccccc1Cc1cc(Br)cs1)OC1CN2CCC1CC2. The number of anilines is 1. The zero-order valence-electron chi connectivity index (χ0n) is 13.9. The molecule has 0 aliphatic carbocycles. The minimum atomic E-state index is -0.335. The lowest BCUT2D eigenvalue weighted by molar-refractivity contribution is -0.0289. The monoisotopic (exact) mass is 420 g/mol. The van der Waals surface area contributed by atoms with Gasteiger partial charge in [0.05, 0.1) is 0 Å². The predicted octanol–water partition coefficient (Wildman–Crippen LogP) is 4.74. The summed E-state index contributed by atoms with van der Waals surface area (Å²) in [5.41, 5.74) is 1.93. The second-order valence-electron chi connectivity index (χ2n) is 6.77. The van der Waals surface area contributed by atoms with Crippen LogP contribution in [-0.4, -0.2) is 36.7 Å². The highest BCUT2D eigenvalue weighted by Crippen LogP contribution is 2.30. The van der Waals surface area contributed by atoms with Crippen LogP contribution >= 0.6 is 27.3 Å². The van der Waals surface area contributed by atoms with E-state index in [2.05, 4.69) is 43.7 Å². The fourth-order valence-electron chi connectivity index (χ4n) is 3.75. The van der Waals surface area contributed by atoms with Crippen LogP contribution in [0, 0.1) is 5.92 Å². The third-order valence-corrected chi connectivity index (χ3v) is 6.79. The molecule has 6 heteroatoms. The highest BCUT2D eigenvalue weighted by atomic mass is 79.9. The molecule has 4 nitrogen and oxygen atoms in total. The van der Waals surface area contributed by atoms with Crippen molar-refractivity contribution in [1.82, 2.24) is 4.90 Å². The van der Waals surface area contributed by atoms with Crippen LogP contribution in [0.15, 0.2) is 40.2 Å². The number of ether oxygens (including phenoxy) is 1. The molecule has 1 amide bonds. The van der Waals surface area contributed by atoms with Crippen molar-refractivity contribution < 1.29 is 9.53 Å². The number of hydrogen-bond acceptors (Lipinski definition) is 4. The number of nitrogens with zero attached hydrogens (tertiary/aromatic N) is 1. The Morgan fingerprint density at radius 3 is 2.80 bits per heavy atom. The lowest BCUT2D eigenvalue weighted by Gasteiger charge is -2.43. The summed E-state index contributed by atoms with van der Waals surface area (Å²) in [6.45, 7) is 3.17. The number of piperidine rings is 3. The quantitative estimate of drug-likeness (QED) is 0.775. The van der Waals surface area contributed by atoms with Crippen LogP contribution in [0.5, 0.6) is 0 Å². The third kappa shape index (κ3) is 4.07. The number of halogens is 1. The summed E-state index contributed by atoms with van der Waals surface area (Å²) >= 11 is 5.20. The molecule has 1 atom stereocenters. The van der Waals surface area contributed by atoms with Gasteiger partial charge in [-0.1, -0.05) is 18.2 Å². The van der Waals surface area contributed by atoms with Crippen LogP contribution in [0.4, 0.5) is 10.5 Å². The average Bonchev–Trinajstić information content (AvgIpc) is 3.02. The molecule has 3 aliphatic rings. The van der Waals surface area contributed by atoms with Gasteiger partial charge in [0.15, 0.2) is 0 Å². The largest absolute Gasteiger partial charge is 0.444 e. The van der Waals surface area contributed by atoms with Crippen LogP contribution in [0.25, 0.3) is 0 Å². The minimum absolute atomic E-state index is 0.0305. The fourth-order valence-corrected chi connectivity index (χ4v) is 5.23. The lowest BCUT2D eigenvalue weighted by Crippen LogP contribution is -2.52. The van der Waals surface area contributed by atoms with Crippen molar-refractivity contribution in [1.29, 1.82) is 0 Å². The maximum Gasteiger partial charge on any atom is 0.411 e. The summed E-state index contributed by atoms with van der Waals surface area (Å²) in [4.78, 5) is 16.1. The van der Waals surface area contributed by atoms with E-state index in [1.165, 1.54) is 4.88 Å². The molecule has 3 saturated heterocycles. The van der Waals surface area contributed by atoms with Crippen molar-refractivity contribution in [2.75, 3.05) is 25.0 Å². The van der Waals surface area contributed by atoms with Gasteiger partial charge in [0.25, 0.3) is 0 Å². The molecule has 0 spiro atoms. The zero-order chi connectivity index (χ0) is 17.2. The topological polar surface area (TPSA) is 41.6 Å². The number of fused-ring (bicyclic) bond motifs is 3. The predicted molar refractivity (Wildman–Crippen MR) is 104 cm³/mol. The number of nitrogens with one attached hydrogen (secondary N) is 1. The van der Waals surface area contributed by atoms with Gasteiger partial charge in [-0.25, -0.2) is 4.79 Å². The van der Waals surface area contributed by atoms with Gasteiger partial charge in [-0.05, 0) is 65.5 Å². The summed E-state index contributed by atoms with van der Waals surface area (Å²) in [5.74, 6) is 0.523. The second kappa shape index (κ2) is 7.48. The smallest absolute Gasteiger partial charge is 0.411 e. The van der Waals surface area contributed by atoms with Crippen LogP contribution in [0.3, 0.4) is 0 Å². The normalized spacial score (nSPS) is 24.9. The molecule has 2 bridgehead atoms. The first-order valence-electron chi connectivity index (χ1n) is 8.68. The van der Waals surface area contributed by atoms with Gasteiger partial charge in [0, 0.05) is 33.4 Å². The standard InChI is InChI=1S/C19H21BrN2O2S/c20-15-10-16(25-12-15)9-14-3-1-2-4-17(14)21-19(23)24-18-11-22-7-5-13(18)6-8-22/h1-4,10,12-13,18H,5-9,11H2,(H,21,23). The van der Waals surface area contributed by atoms with E-state index in [0.717, 1.165) is 54.6 Å². The molecule has 1 N–H and O–H groups in total. The minimum Gasteiger partial charge on any atom is -0.444 e. The van der Waals surface area contributed by atoms with E-state index >= 15 is 0 Å². The van der Waals surface area contributed by atoms with E-state index in [4.69, 9.17) is 4.74 Å². The molecule has 3 fully saturated rings. The van der Waals surface area contributed by atoms with E-state index in [1.54, 1.807) is 11.3 Å². The average molecular weight is 421 g/mol. The highest BCUT2D eigenvalue weighted by molar-refractivity contribution is 9.10. The van der Waals surface area contributed by atoms with Crippen molar-refractivity contribution in [2.45, 2.75) is 25.4 Å². The molecular weight excluding hydrogens is 400 g/mol. The van der Waals surface area contributed by atoms with Crippen molar-refractivity contribution in [2.24, 2.45) is 5.92 Å². The van der Waals surface area contributed by atoms with Crippen molar-refractivity contribution in [3.05, 3.63) is 50.6 Å². The molecule has 132 valence electrons. The Hall–Kier alpha value is -1.37. The molecule has 1 unspecified atom stereocenters. The fraction of sp³-hybridized carbons (Fsp3) is 0.421. The van der Waals surface area contributed by atoms with Crippen molar-refractivity contribution >= 4 is 39.0 Å². The first-order chi connectivity index (χ1) is 12.2. The molecule has 4 heterocycles. The van der Waals surface area contributed by atoms with Crippen LogP contribution in [0.2, 0.25) is 0 Å². The van der Waals surface area contributed by atoms with Crippen LogP contribution < -0.4 is 5.32 Å². The number of para-hydroxylation sites is 1. The van der Waals surface area contributed by atoms with E-state index in [9.17, 15) is 4.79 Å². The Bertz CT molecular complexity index is 755. The summed E-state index contributed by atoms with van der Waals surface area (Å²) in [6.07, 6.45) is 2.78. The van der Waals surface area contributed by atoms with Gasteiger partial charge in [0.1, 0.15) is 6.10 Å². The van der Waals surface area contributed by atoms with E-state index in [-0.39, 0.29) is 12.2 Å². The molecule has 0 radical (unpaired) electrons. The first-order valence-corrected chi connectivity index (χ1v) is 10.4. The van der Waals surface area contributed by atoms with Crippen LogP contribution in [-0.2, 0) is 11.2 Å². The van der Waals surface area contributed by atoms with Crippen molar-refractivity contribution in [3.63, 3.8) is 0 Å². The molecule has 25 heavy (non-hydrogen) atoms. The summed E-state index contributed by atoms with van der Waals surface area (Å²) < 4.78 is 6.84. The molecule has 1 aromatic heterocycles. The summed E-state index contributed by atoms with van der Waals surface area (Å²) in [5, 5.41) is 5.03. The Morgan fingerprint density at radius 2 is 2.12 bits per heavy atom. The van der Waals surface area contributed by atoms with Gasteiger partial charge in [-0.15, -0.1) is 11.3 Å². The highest BCUT2D eigenvalue weighted by Gasteiger charge is 2.36. The molecular formula is C19H21BrN2O2S. The van der Waals surface area contributed by atoms with E-state index in [0.29, 0.717) is 5.92 Å². The number of benzene rings is 1.